The van der Waals surface area contributed by atoms with Gasteiger partial charge in [-0.2, -0.15) is 0 Å². The number of thiazole rings is 1. The first-order valence-electron chi connectivity index (χ1n) is 11.4. The minimum absolute atomic E-state index is 0.0573. The fourth-order valence-electron chi connectivity index (χ4n) is 4.88. The van der Waals surface area contributed by atoms with Gasteiger partial charge in [-0.1, -0.05) is 47.2 Å². The van der Waals surface area contributed by atoms with Crippen molar-refractivity contribution >= 4 is 34.0 Å². The Labute approximate surface area is 206 Å². The minimum Gasteiger partial charge on any atom is -0.454 e. The number of likely N-dealkylation sites (tertiary alicyclic amines) is 1. The lowest BCUT2D eigenvalue weighted by atomic mass is 9.94. The van der Waals surface area contributed by atoms with E-state index in [9.17, 15) is 9.90 Å². The van der Waals surface area contributed by atoms with Gasteiger partial charge in [0.15, 0.2) is 16.6 Å². The highest BCUT2D eigenvalue weighted by Gasteiger charge is 2.52. The highest BCUT2D eigenvalue weighted by molar-refractivity contribution is 7.15. The summed E-state index contributed by atoms with van der Waals surface area (Å²) in [4.78, 5) is 21.0. The molecule has 1 aliphatic carbocycles. The summed E-state index contributed by atoms with van der Waals surface area (Å²) in [6.07, 6.45) is 3.74. The molecule has 6 rings (SSSR count). The van der Waals surface area contributed by atoms with Crippen molar-refractivity contribution in [3.8, 4) is 11.5 Å². The Bertz CT molecular complexity index is 1240. The first kappa shape index (κ1) is 21.9. The average molecular weight is 498 g/mol. The van der Waals surface area contributed by atoms with Gasteiger partial charge >= 0.3 is 0 Å². The average Bonchev–Trinajstić information content (AvgIpc) is 3.13. The molecule has 1 aromatic heterocycles. The molecule has 2 aliphatic heterocycles. The number of anilines is 1. The predicted molar refractivity (Wildman–Crippen MR) is 130 cm³/mol. The number of aliphatic hydroxyl groups is 1. The van der Waals surface area contributed by atoms with E-state index in [2.05, 4.69) is 15.2 Å². The highest BCUT2D eigenvalue weighted by atomic mass is 35.5. The Morgan fingerprint density at radius 1 is 1.24 bits per heavy atom. The predicted octanol–water partition coefficient (Wildman–Crippen LogP) is 4.35. The molecule has 9 heteroatoms. The zero-order chi connectivity index (χ0) is 23.3. The molecule has 34 heavy (non-hydrogen) atoms. The third-order valence-electron chi connectivity index (χ3n) is 6.88. The van der Waals surface area contributed by atoms with Crippen molar-refractivity contribution in [3.63, 3.8) is 0 Å². The maximum absolute atomic E-state index is 13.3. The molecule has 3 aliphatic rings. The van der Waals surface area contributed by atoms with E-state index < -0.39 is 5.41 Å². The maximum Gasteiger partial charge on any atom is 0.236 e. The molecule has 176 valence electrons. The van der Waals surface area contributed by atoms with Gasteiger partial charge in [-0.15, -0.1) is 0 Å². The van der Waals surface area contributed by atoms with E-state index in [4.69, 9.17) is 21.1 Å². The minimum atomic E-state index is -0.561. The number of fused-ring (bicyclic) bond motifs is 1. The zero-order valence-electron chi connectivity index (χ0n) is 18.4. The quantitative estimate of drug-likeness (QED) is 0.526. The van der Waals surface area contributed by atoms with Crippen LogP contribution in [0.25, 0.3) is 0 Å². The number of nitrogens with one attached hydrogen (secondary N) is 1. The monoisotopic (exact) mass is 497 g/mol. The Balaban J connectivity index is 1.25. The van der Waals surface area contributed by atoms with Crippen molar-refractivity contribution in [1.29, 1.82) is 0 Å². The molecule has 2 fully saturated rings. The van der Waals surface area contributed by atoms with Crippen LogP contribution >= 0.6 is 22.9 Å². The van der Waals surface area contributed by atoms with Crippen LogP contribution in [0, 0.1) is 0 Å². The summed E-state index contributed by atoms with van der Waals surface area (Å²) >= 11 is 8.01. The molecule has 0 spiro atoms. The van der Waals surface area contributed by atoms with E-state index in [0.29, 0.717) is 28.2 Å². The number of benzene rings is 2. The van der Waals surface area contributed by atoms with E-state index in [1.54, 1.807) is 6.20 Å². The number of β-amino-alcohol motifs (C(OH)–C–C–N with tert-alkyl or cyclic N) is 1. The largest absolute Gasteiger partial charge is 0.454 e. The van der Waals surface area contributed by atoms with Crippen LogP contribution in [0.15, 0.2) is 48.7 Å². The molecular formula is C25H24ClN3O4S. The molecule has 1 amide bonds. The van der Waals surface area contributed by atoms with Gasteiger partial charge in [0.1, 0.15) is 0 Å². The van der Waals surface area contributed by atoms with Crippen LogP contribution in [0.1, 0.15) is 41.3 Å². The van der Waals surface area contributed by atoms with E-state index in [0.717, 1.165) is 41.8 Å². The van der Waals surface area contributed by atoms with Gasteiger partial charge in [0.25, 0.3) is 0 Å². The normalized spacial score (nSPS) is 21.4. The van der Waals surface area contributed by atoms with Crippen LogP contribution in [0.3, 0.4) is 0 Å². The first-order valence-corrected chi connectivity index (χ1v) is 12.6. The van der Waals surface area contributed by atoms with Gasteiger partial charge in [-0.25, -0.2) is 4.98 Å². The number of aromatic nitrogens is 1. The van der Waals surface area contributed by atoms with Crippen LogP contribution in [-0.4, -0.2) is 46.9 Å². The number of hydrogen-bond acceptors (Lipinski definition) is 7. The third kappa shape index (κ3) is 3.84. The van der Waals surface area contributed by atoms with Gasteiger partial charge < -0.3 is 19.9 Å². The van der Waals surface area contributed by atoms with Crippen molar-refractivity contribution in [2.45, 2.75) is 36.8 Å². The summed E-state index contributed by atoms with van der Waals surface area (Å²) in [5, 5.41) is 14.4. The summed E-state index contributed by atoms with van der Waals surface area (Å²) < 4.78 is 10.9. The van der Waals surface area contributed by atoms with Crippen LogP contribution in [0.2, 0.25) is 5.02 Å². The summed E-state index contributed by atoms with van der Waals surface area (Å²) in [5.41, 5.74) is 1.35. The zero-order valence-corrected chi connectivity index (χ0v) is 19.9. The SMILES string of the molecule is O=C(Nc1ncc(C(c2ccccc2Cl)N2CCC(O)C2)s1)C1(c2ccc3c(c2)OCO3)CC1. The molecular weight excluding hydrogens is 474 g/mol. The third-order valence-corrected chi connectivity index (χ3v) is 8.19. The summed E-state index contributed by atoms with van der Waals surface area (Å²) in [6.45, 7) is 1.55. The number of halogens is 1. The number of carbonyl (C=O) groups excluding carboxylic acids is 1. The summed E-state index contributed by atoms with van der Waals surface area (Å²) in [5.74, 6) is 1.34. The van der Waals surface area contributed by atoms with Crippen LogP contribution in [0.5, 0.6) is 11.5 Å². The Morgan fingerprint density at radius 2 is 2.06 bits per heavy atom. The number of ether oxygens (including phenoxy) is 2. The molecule has 3 aromatic rings. The number of hydrogen-bond donors (Lipinski definition) is 2. The molecule has 2 aromatic carbocycles. The fraction of sp³-hybridized carbons (Fsp3) is 0.360. The fourth-order valence-corrected chi connectivity index (χ4v) is 6.09. The van der Waals surface area contributed by atoms with E-state index in [1.165, 1.54) is 11.3 Å². The molecule has 2 atom stereocenters. The molecule has 2 N–H and O–H groups in total. The molecule has 1 saturated carbocycles. The molecule has 0 radical (unpaired) electrons. The number of carbonyl (C=O) groups is 1. The number of aliphatic hydroxyl groups excluding tert-OH is 1. The second-order valence-corrected chi connectivity index (χ2v) is 10.5. The van der Waals surface area contributed by atoms with Crippen molar-refractivity contribution in [2.24, 2.45) is 0 Å². The van der Waals surface area contributed by atoms with Crippen LogP contribution < -0.4 is 14.8 Å². The van der Waals surface area contributed by atoms with Crippen LogP contribution in [-0.2, 0) is 10.2 Å². The maximum atomic E-state index is 13.3. The molecule has 3 heterocycles. The van der Waals surface area contributed by atoms with Crippen molar-refractivity contribution < 1.29 is 19.4 Å². The standard InChI is InChI=1S/C25H24ClN3O4S/c26-18-4-2-1-3-17(18)22(29-10-7-16(30)13-29)21-12-27-24(34-21)28-23(31)25(8-9-25)15-5-6-19-20(11-15)33-14-32-19/h1-6,11-12,16,22,30H,7-10,13-14H2,(H,27,28,31). The van der Waals surface area contributed by atoms with Gasteiger partial charge in [-0.05, 0) is 48.6 Å². The molecule has 0 bridgehead atoms. The van der Waals surface area contributed by atoms with Crippen molar-refractivity contribution in [1.82, 2.24) is 9.88 Å². The molecule has 1 saturated heterocycles. The molecule has 7 nitrogen and oxygen atoms in total. The van der Waals surface area contributed by atoms with E-state index in [-0.39, 0.29) is 24.8 Å². The Morgan fingerprint density at radius 3 is 2.82 bits per heavy atom. The van der Waals surface area contributed by atoms with Gasteiger partial charge in [0.2, 0.25) is 12.7 Å². The van der Waals surface area contributed by atoms with E-state index >= 15 is 0 Å². The van der Waals surface area contributed by atoms with Gasteiger partial charge in [0.05, 0.1) is 17.6 Å². The lowest BCUT2D eigenvalue weighted by Gasteiger charge is -2.27. The lowest BCUT2D eigenvalue weighted by molar-refractivity contribution is -0.118. The van der Waals surface area contributed by atoms with E-state index in [1.807, 2.05) is 42.5 Å². The second kappa shape index (κ2) is 8.53. The van der Waals surface area contributed by atoms with Crippen LogP contribution in [0.4, 0.5) is 5.13 Å². The number of amides is 1. The topological polar surface area (TPSA) is 83.9 Å². The highest BCUT2D eigenvalue weighted by Crippen LogP contribution is 2.51. The second-order valence-electron chi connectivity index (χ2n) is 9.03. The van der Waals surface area contributed by atoms with Crippen molar-refractivity contribution in [3.05, 3.63) is 69.7 Å². The molecule has 2 unspecified atom stereocenters. The first-order chi connectivity index (χ1) is 16.5. The number of nitrogens with zero attached hydrogens (tertiary/aromatic N) is 2. The Kier molecular flexibility index (Phi) is 5.49. The van der Waals surface area contributed by atoms with Crippen molar-refractivity contribution in [2.75, 3.05) is 25.2 Å². The van der Waals surface area contributed by atoms with Gasteiger partial charge in [0, 0.05) is 29.2 Å². The summed E-state index contributed by atoms with van der Waals surface area (Å²) in [6, 6.07) is 13.4. The number of rotatable bonds is 6. The smallest absolute Gasteiger partial charge is 0.236 e. The Hall–Kier alpha value is -2.65. The van der Waals surface area contributed by atoms with Gasteiger partial charge in [-0.3, -0.25) is 9.69 Å². The summed E-state index contributed by atoms with van der Waals surface area (Å²) in [7, 11) is 0. The lowest BCUT2D eigenvalue weighted by Crippen LogP contribution is -2.28.